The maximum absolute atomic E-state index is 5.71. The Labute approximate surface area is 139 Å². The van der Waals surface area contributed by atoms with Crippen LogP contribution in [0, 0.1) is 0 Å². The summed E-state index contributed by atoms with van der Waals surface area (Å²) in [6.45, 7) is 7.44. The van der Waals surface area contributed by atoms with E-state index in [1.54, 1.807) is 11.3 Å². The van der Waals surface area contributed by atoms with Crippen molar-refractivity contribution in [3.8, 4) is 11.5 Å². The molecule has 1 atom stereocenters. The lowest BCUT2D eigenvalue weighted by Gasteiger charge is -2.15. The van der Waals surface area contributed by atoms with Gasteiger partial charge in [0.2, 0.25) is 0 Å². The van der Waals surface area contributed by atoms with Crippen molar-refractivity contribution in [3.63, 3.8) is 0 Å². The molecule has 0 amide bonds. The van der Waals surface area contributed by atoms with E-state index in [0.717, 1.165) is 17.9 Å². The predicted octanol–water partition coefficient (Wildman–Crippen LogP) is 5.59. The Hall–Kier alpha value is -1.00. The Morgan fingerprint density at radius 2 is 1.76 bits per heavy atom. The second-order valence-corrected chi connectivity index (χ2v) is 6.46. The van der Waals surface area contributed by atoms with E-state index in [2.05, 4.69) is 46.4 Å². The molecule has 0 saturated heterocycles. The van der Waals surface area contributed by atoms with Gasteiger partial charge in [0.25, 0.3) is 0 Å². The molecule has 0 aliphatic rings. The van der Waals surface area contributed by atoms with E-state index in [1.807, 2.05) is 19.9 Å². The molecule has 0 fully saturated rings. The van der Waals surface area contributed by atoms with Crippen LogP contribution in [-0.2, 0) is 6.42 Å². The molecule has 1 unspecified atom stereocenters. The van der Waals surface area contributed by atoms with Crippen molar-refractivity contribution in [2.45, 2.75) is 32.0 Å². The minimum atomic E-state index is 0.197. The number of rotatable bonds is 7. The lowest BCUT2D eigenvalue weighted by molar-refractivity contribution is 0.287. The quantitative estimate of drug-likeness (QED) is 0.592. The summed E-state index contributed by atoms with van der Waals surface area (Å²) in [7, 11) is 0. The Bertz CT molecular complexity index is 580. The highest BCUT2D eigenvalue weighted by molar-refractivity contribution is 9.09. The van der Waals surface area contributed by atoms with Crippen LogP contribution in [0.3, 0.4) is 0 Å². The van der Waals surface area contributed by atoms with E-state index in [-0.39, 0.29) is 4.83 Å². The second-order valence-electron chi connectivity index (χ2n) is 4.60. The van der Waals surface area contributed by atoms with Crippen molar-refractivity contribution >= 4 is 27.3 Å². The number of alkyl halides is 1. The normalized spacial score (nSPS) is 12.2. The molecule has 0 N–H and O–H groups in total. The van der Waals surface area contributed by atoms with E-state index in [9.17, 15) is 0 Å². The van der Waals surface area contributed by atoms with Crippen molar-refractivity contribution < 1.29 is 9.47 Å². The summed E-state index contributed by atoms with van der Waals surface area (Å²) in [5, 5.41) is 2.15. The van der Waals surface area contributed by atoms with Gasteiger partial charge in [-0.15, -0.1) is 11.3 Å². The van der Waals surface area contributed by atoms with Gasteiger partial charge in [-0.25, -0.2) is 0 Å². The summed E-state index contributed by atoms with van der Waals surface area (Å²) in [5.74, 6) is 1.63. The summed E-state index contributed by atoms with van der Waals surface area (Å²) >= 11 is 5.62. The molecule has 2 rings (SSSR count). The van der Waals surface area contributed by atoms with Crippen LogP contribution in [0.2, 0.25) is 0 Å². The minimum Gasteiger partial charge on any atom is -0.490 e. The Morgan fingerprint density at radius 3 is 2.43 bits per heavy atom. The predicted molar refractivity (Wildman–Crippen MR) is 93.2 cm³/mol. The van der Waals surface area contributed by atoms with Gasteiger partial charge in [-0.2, -0.15) is 0 Å². The maximum Gasteiger partial charge on any atom is 0.161 e. The third-order valence-corrected chi connectivity index (χ3v) is 5.57. The van der Waals surface area contributed by atoms with Crippen LogP contribution in [0.25, 0.3) is 0 Å². The molecule has 0 aliphatic carbocycles. The van der Waals surface area contributed by atoms with Crippen LogP contribution in [0.4, 0.5) is 0 Å². The summed E-state index contributed by atoms with van der Waals surface area (Å²) in [6.07, 6.45) is 1.05. The highest BCUT2D eigenvalue weighted by atomic mass is 79.9. The topological polar surface area (TPSA) is 18.5 Å². The van der Waals surface area contributed by atoms with Crippen molar-refractivity contribution in [2.75, 3.05) is 13.2 Å². The molecular formula is C17H21BrO2S. The van der Waals surface area contributed by atoms with Gasteiger partial charge in [0.05, 0.1) is 18.0 Å². The van der Waals surface area contributed by atoms with E-state index in [4.69, 9.17) is 9.47 Å². The van der Waals surface area contributed by atoms with Gasteiger partial charge in [0, 0.05) is 4.88 Å². The number of thiophene rings is 1. The van der Waals surface area contributed by atoms with Gasteiger partial charge in [-0.3, -0.25) is 0 Å². The summed E-state index contributed by atoms with van der Waals surface area (Å²) in [6, 6.07) is 8.38. The molecule has 2 aromatic rings. The zero-order valence-electron chi connectivity index (χ0n) is 12.7. The number of hydrogen-bond donors (Lipinski definition) is 0. The molecule has 0 radical (unpaired) electrons. The van der Waals surface area contributed by atoms with Crippen LogP contribution < -0.4 is 9.47 Å². The van der Waals surface area contributed by atoms with Crippen LogP contribution in [0.15, 0.2) is 29.6 Å². The molecule has 21 heavy (non-hydrogen) atoms. The maximum atomic E-state index is 5.71. The first-order valence-corrected chi connectivity index (χ1v) is 9.10. The zero-order chi connectivity index (χ0) is 15.2. The van der Waals surface area contributed by atoms with E-state index in [1.165, 1.54) is 16.0 Å². The lowest BCUT2D eigenvalue weighted by atomic mass is 10.1. The summed E-state index contributed by atoms with van der Waals surface area (Å²) in [4.78, 5) is 1.56. The standard InChI is InChI=1S/C17H21BrO2S/c1-4-12-9-10-21-17(12)16(18)13-7-8-14(19-5-2)15(11-13)20-6-3/h7-11,16H,4-6H2,1-3H3. The van der Waals surface area contributed by atoms with Gasteiger partial charge in [-0.1, -0.05) is 28.9 Å². The van der Waals surface area contributed by atoms with Gasteiger partial charge in [0.15, 0.2) is 11.5 Å². The monoisotopic (exact) mass is 368 g/mol. The Balaban J connectivity index is 2.33. The van der Waals surface area contributed by atoms with Gasteiger partial charge in [-0.05, 0) is 55.0 Å². The second kappa shape index (κ2) is 7.85. The van der Waals surface area contributed by atoms with Gasteiger partial charge >= 0.3 is 0 Å². The molecular weight excluding hydrogens is 348 g/mol. The van der Waals surface area contributed by atoms with Crippen LogP contribution >= 0.6 is 27.3 Å². The number of aryl methyl sites for hydroxylation is 1. The van der Waals surface area contributed by atoms with Crippen LogP contribution in [0.1, 0.15) is 41.6 Å². The molecule has 4 heteroatoms. The fraction of sp³-hybridized carbons (Fsp3) is 0.412. The highest BCUT2D eigenvalue weighted by Crippen LogP contribution is 2.40. The Morgan fingerprint density at radius 1 is 1.05 bits per heavy atom. The molecule has 2 nitrogen and oxygen atoms in total. The molecule has 1 aromatic carbocycles. The fourth-order valence-corrected chi connectivity index (χ4v) is 4.14. The van der Waals surface area contributed by atoms with Crippen molar-refractivity contribution in [1.29, 1.82) is 0 Å². The summed E-state index contributed by atoms with van der Waals surface area (Å²) < 4.78 is 11.3. The first-order valence-electron chi connectivity index (χ1n) is 7.31. The molecule has 114 valence electrons. The average Bonchev–Trinajstić information content (AvgIpc) is 2.97. The Kier molecular flexibility index (Phi) is 6.12. The molecule has 1 heterocycles. The third-order valence-electron chi connectivity index (χ3n) is 3.25. The highest BCUT2D eigenvalue weighted by Gasteiger charge is 2.17. The van der Waals surface area contributed by atoms with E-state index >= 15 is 0 Å². The van der Waals surface area contributed by atoms with Crippen molar-refractivity contribution in [3.05, 3.63) is 45.6 Å². The van der Waals surface area contributed by atoms with Crippen LogP contribution in [0.5, 0.6) is 11.5 Å². The lowest BCUT2D eigenvalue weighted by Crippen LogP contribution is -2.00. The van der Waals surface area contributed by atoms with Crippen molar-refractivity contribution in [2.24, 2.45) is 0 Å². The molecule has 0 aliphatic heterocycles. The van der Waals surface area contributed by atoms with E-state index in [0.29, 0.717) is 13.2 Å². The fourth-order valence-electron chi connectivity index (χ4n) is 2.24. The number of halogens is 1. The van der Waals surface area contributed by atoms with Crippen molar-refractivity contribution in [1.82, 2.24) is 0 Å². The summed E-state index contributed by atoms with van der Waals surface area (Å²) in [5.41, 5.74) is 2.59. The minimum absolute atomic E-state index is 0.197. The third kappa shape index (κ3) is 3.80. The molecule has 0 bridgehead atoms. The number of benzene rings is 1. The molecule has 0 saturated carbocycles. The number of ether oxygens (including phenoxy) is 2. The molecule has 0 spiro atoms. The first-order chi connectivity index (χ1) is 10.2. The van der Waals surface area contributed by atoms with Gasteiger partial charge < -0.3 is 9.47 Å². The van der Waals surface area contributed by atoms with Gasteiger partial charge in [0.1, 0.15) is 0 Å². The smallest absolute Gasteiger partial charge is 0.161 e. The van der Waals surface area contributed by atoms with E-state index < -0.39 is 0 Å². The zero-order valence-corrected chi connectivity index (χ0v) is 15.1. The average molecular weight is 369 g/mol. The SMILES string of the molecule is CCOc1ccc(C(Br)c2sccc2CC)cc1OCC. The number of hydrogen-bond acceptors (Lipinski definition) is 3. The van der Waals surface area contributed by atoms with Crippen LogP contribution in [-0.4, -0.2) is 13.2 Å². The molecule has 1 aromatic heterocycles. The largest absolute Gasteiger partial charge is 0.490 e. The first kappa shape index (κ1) is 16.4.